The molecule has 0 aliphatic heterocycles. The zero-order valence-corrected chi connectivity index (χ0v) is 12.8. The number of carbonyl (C=O) groups is 1. The monoisotopic (exact) mass is 319 g/mol. The number of alkyl halides is 3. The summed E-state index contributed by atoms with van der Waals surface area (Å²) in [6, 6.07) is -0.218. The van der Waals surface area contributed by atoms with Gasteiger partial charge in [0.15, 0.2) is 0 Å². The third kappa shape index (κ3) is 3.43. The third-order valence-corrected chi connectivity index (χ3v) is 4.28. The molecule has 2 rings (SSSR count). The van der Waals surface area contributed by atoms with Gasteiger partial charge in [-0.15, -0.1) is 0 Å². The first-order chi connectivity index (χ1) is 10.2. The summed E-state index contributed by atoms with van der Waals surface area (Å²) >= 11 is 0. The smallest absolute Gasteiger partial charge is 0.376 e. The lowest BCUT2D eigenvalue weighted by Gasteiger charge is -2.45. The lowest BCUT2D eigenvalue weighted by molar-refractivity contribution is -0.142. The molecule has 8 heteroatoms. The minimum absolute atomic E-state index is 0.154. The summed E-state index contributed by atoms with van der Waals surface area (Å²) in [6.07, 6.45) is -0.484. The van der Waals surface area contributed by atoms with Crippen LogP contribution in [0.25, 0.3) is 0 Å². The van der Waals surface area contributed by atoms with E-state index in [4.69, 9.17) is 4.74 Å². The normalized spacial score (nSPS) is 18.6. The van der Waals surface area contributed by atoms with Crippen LogP contribution in [0.5, 0.6) is 0 Å². The average Bonchev–Trinajstić information content (AvgIpc) is 2.66. The van der Waals surface area contributed by atoms with Crippen molar-refractivity contribution in [1.29, 1.82) is 0 Å². The number of aryl methyl sites for hydroxylation is 1. The summed E-state index contributed by atoms with van der Waals surface area (Å²) in [5.41, 5.74) is 0.0571. The Labute approximate surface area is 126 Å². The molecule has 22 heavy (non-hydrogen) atoms. The van der Waals surface area contributed by atoms with E-state index in [2.05, 4.69) is 10.4 Å². The Bertz CT molecular complexity index is 545. The van der Waals surface area contributed by atoms with Crippen molar-refractivity contribution >= 4 is 5.91 Å². The fourth-order valence-electron chi connectivity index (χ4n) is 2.75. The number of rotatable bonds is 5. The van der Waals surface area contributed by atoms with Crippen molar-refractivity contribution < 1.29 is 22.7 Å². The van der Waals surface area contributed by atoms with E-state index in [0.717, 1.165) is 30.1 Å². The molecule has 0 radical (unpaired) electrons. The molecule has 1 atom stereocenters. The molecule has 0 aromatic carbocycles. The maximum Gasteiger partial charge on any atom is 0.408 e. The minimum Gasteiger partial charge on any atom is -0.376 e. The Morgan fingerprint density at radius 3 is 2.64 bits per heavy atom. The van der Waals surface area contributed by atoms with Gasteiger partial charge in [-0.2, -0.15) is 18.3 Å². The molecule has 1 saturated carbocycles. The van der Waals surface area contributed by atoms with Gasteiger partial charge in [0.1, 0.15) is 6.54 Å². The van der Waals surface area contributed by atoms with Crippen molar-refractivity contribution in [3.63, 3.8) is 0 Å². The van der Waals surface area contributed by atoms with Crippen LogP contribution in [0, 0.1) is 6.92 Å². The summed E-state index contributed by atoms with van der Waals surface area (Å²) < 4.78 is 43.3. The van der Waals surface area contributed by atoms with Gasteiger partial charge >= 0.3 is 6.18 Å². The van der Waals surface area contributed by atoms with Crippen LogP contribution in [-0.2, 0) is 11.3 Å². The molecule has 1 N–H and O–H groups in total. The number of carbonyl (C=O) groups excluding carboxylic acids is 1. The van der Waals surface area contributed by atoms with Crippen LogP contribution < -0.4 is 5.32 Å². The highest BCUT2D eigenvalue weighted by Gasteiger charge is 2.43. The summed E-state index contributed by atoms with van der Waals surface area (Å²) in [6.45, 7) is 2.15. The molecule has 1 amide bonds. The van der Waals surface area contributed by atoms with Gasteiger partial charge in [0.25, 0.3) is 5.91 Å². The molecule has 1 aliphatic carbocycles. The number of hydrogen-bond acceptors (Lipinski definition) is 3. The number of methoxy groups -OCH3 is 1. The highest BCUT2D eigenvalue weighted by atomic mass is 19.4. The number of nitrogens with zero attached hydrogens (tertiary/aromatic N) is 2. The second-order valence-electron chi connectivity index (χ2n) is 5.76. The van der Waals surface area contributed by atoms with Gasteiger partial charge in [-0.05, 0) is 33.1 Å². The Balaban J connectivity index is 2.06. The standard InChI is InChI=1S/C14H20F3N3O2/c1-9-11(7-20(19-9)8-14(15,16)17)12(21)18-10(2)13(22-3)5-4-6-13/h7,10H,4-6,8H2,1-3H3,(H,18,21). The molecule has 1 aromatic rings. The highest BCUT2D eigenvalue weighted by Crippen LogP contribution is 2.38. The fraction of sp³-hybridized carbons (Fsp3) is 0.714. The lowest BCUT2D eigenvalue weighted by atomic mass is 9.75. The molecule has 0 bridgehead atoms. The van der Waals surface area contributed by atoms with Crippen molar-refractivity contribution in [2.75, 3.05) is 7.11 Å². The molecule has 1 unspecified atom stereocenters. The SMILES string of the molecule is COC1(C(C)NC(=O)c2cn(CC(F)(F)F)nc2C)CCC1. The van der Waals surface area contributed by atoms with Gasteiger partial charge in [0, 0.05) is 13.3 Å². The molecular formula is C14H20F3N3O2. The predicted octanol–water partition coefficient (Wildman–Crippen LogP) is 2.44. The molecular weight excluding hydrogens is 299 g/mol. The summed E-state index contributed by atoms with van der Waals surface area (Å²) in [7, 11) is 1.61. The maximum absolute atomic E-state index is 12.4. The van der Waals surface area contributed by atoms with Crippen molar-refractivity contribution in [3.05, 3.63) is 17.5 Å². The number of hydrogen-bond donors (Lipinski definition) is 1. The summed E-state index contributed by atoms with van der Waals surface area (Å²) in [5, 5.41) is 6.55. The van der Waals surface area contributed by atoms with Crippen LogP contribution >= 0.6 is 0 Å². The van der Waals surface area contributed by atoms with Crippen LogP contribution in [0.4, 0.5) is 13.2 Å². The van der Waals surface area contributed by atoms with Crippen LogP contribution in [-0.4, -0.2) is 40.6 Å². The first kappa shape index (κ1) is 16.8. The maximum atomic E-state index is 12.4. The van der Waals surface area contributed by atoms with Crippen LogP contribution in [0.1, 0.15) is 42.2 Å². The molecule has 5 nitrogen and oxygen atoms in total. The van der Waals surface area contributed by atoms with Crippen molar-refractivity contribution in [2.24, 2.45) is 0 Å². The second kappa shape index (κ2) is 5.91. The quantitative estimate of drug-likeness (QED) is 0.907. The van der Waals surface area contributed by atoms with Gasteiger partial charge in [-0.1, -0.05) is 0 Å². The van der Waals surface area contributed by atoms with Crippen molar-refractivity contribution in [3.8, 4) is 0 Å². The first-order valence-electron chi connectivity index (χ1n) is 7.14. The van der Waals surface area contributed by atoms with E-state index in [-0.39, 0.29) is 22.9 Å². The van der Waals surface area contributed by atoms with Gasteiger partial charge < -0.3 is 10.1 Å². The molecule has 1 heterocycles. The van der Waals surface area contributed by atoms with Crippen LogP contribution in [0.2, 0.25) is 0 Å². The Morgan fingerprint density at radius 2 is 2.18 bits per heavy atom. The Morgan fingerprint density at radius 1 is 1.55 bits per heavy atom. The first-order valence-corrected chi connectivity index (χ1v) is 7.14. The average molecular weight is 319 g/mol. The molecule has 1 aliphatic rings. The van der Waals surface area contributed by atoms with E-state index >= 15 is 0 Å². The number of nitrogens with one attached hydrogen (secondary N) is 1. The van der Waals surface area contributed by atoms with Crippen LogP contribution in [0.15, 0.2) is 6.20 Å². The second-order valence-corrected chi connectivity index (χ2v) is 5.76. The number of aromatic nitrogens is 2. The molecule has 0 spiro atoms. The van der Waals surface area contributed by atoms with Gasteiger partial charge in [0.2, 0.25) is 0 Å². The van der Waals surface area contributed by atoms with Gasteiger partial charge in [-0.3, -0.25) is 9.48 Å². The minimum atomic E-state index is -4.37. The lowest BCUT2D eigenvalue weighted by Crippen LogP contribution is -2.56. The third-order valence-electron chi connectivity index (χ3n) is 4.28. The number of ether oxygens (including phenoxy) is 1. The van der Waals surface area contributed by atoms with E-state index < -0.39 is 18.6 Å². The zero-order chi connectivity index (χ0) is 16.5. The van der Waals surface area contributed by atoms with Gasteiger partial charge in [-0.25, -0.2) is 0 Å². The molecule has 124 valence electrons. The largest absolute Gasteiger partial charge is 0.408 e. The van der Waals surface area contributed by atoms with Crippen LogP contribution in [0.3, 0.4) is 0 Å². The topological polar surface area (TPSA) is 56.1 Å². The summed E-state index contributed by atoms with van der Waals surface area (Å²) in [5.74, 6) is -0.429. The van der Waals surface area contributed by atoms with E-state index in [1.165, 1.54) is 6.92 Å². The van der Waals surface area contributed by atoms with E-state index in [1.807, 2.05) is 6.92 Å². The summed E-state index contributed by atoms with van der Waals surface area (Å²) in [4.78, 5) is 12.3. The highest BCUT2D eigenvalue weighted by molar-refractivity contribution is 5.95. The molecule has 1 aromatic heterocycles. The number of halogens is 3. The van der Waals surface area contributed by atoms with E-state index in [1.54, 1.807) is 7.11 Å². The fourth-order valence-corrected chi connectivity index (χ4v) is 2.75. The van der Waals surface area contributed by atoms with E-state index in [0.29, 0.717) is 0 Å². The van der Waals surface area contributed by atoms with Crippen molar-refractivity contribution in [2.45, 2.75) is 57.5 Å². The van der Waals surface area contributed by atoms with E-state index in [9.17, 15) is 18.0 Å². The predicted molar refractivity (Wildman–Crippen MR) is 73.5 cm³/mol. The molecule has 1 fully saturated rings. The Kier molecular flexibility index (Phi) is 4.51. The van der Waals surface area contributed by atoms with Crippen molar-refractivity contribution in [1.82, 2.24) is 15.1 Å². The Hall–Kier alpha value is -1.57. The van der Waals surface area contributed by atoms with Gasteiger partial charge in [0.05, 0.1) is 22.9 Å². The molecule has 0 saturated heterocycles. The number of amides is 1. The zero-order valence-electron chi connectivity index (χ0n) is 12.8.